The maximum absolute atomic E-state index is 13.5. The standard InChI is InChI=1S/C32H44N4O3/c37-31(27-9-4-5-10-27)34-28-11-12-30(36-17-13-26(14-18-36)23-25-7-2-1-3-8-25)29(24-28)32(38)33-15-6-16-35-19-21-39-22-20-35/h1-3,7-8,11-12,24,26-27H,4-6,9-10,13-23H2,(H,33,38)(H,34,37). The average molecular weight is 533 g/mol. The third-order valence-corrected chi connectivity index (χ3v) is 8.60. The van der Waals surface area contributed by atoms with Gasteiger partial charge in [-0.3, -0.25) is 14.5 Å². The third kappa shape index (κ3) is 7.83. The fraction of sp³-hybridized carbons (Fsp3) is 0.562. The molecular formula is C32H44N4O3. The Morgan fingerprint density at radius 3 is 2.38 bits per heavy atom. The molecule has 0 radical (unpaired) electrons. The summed E-state index contributed by atoms with van der Waals surface area (Å²) in [5.74, 6) is 0.770. The van der Waals surface area contributed by atoms with Crippen molar-refractivity contribution in [1.29, 1.82) is 0 Å². The van der Waals surface area contributed by atoms with E-state index in [-0.39, 0.29) is 17.7 Å². The largest absolute Gasteiger partial charge is 0.379 e. The molecule has 2 amide bonds. The minimum atomic E-state index is -0.0599. The first-order valence-electron chi connectivity index (χ1n) is 15.0. The Morgan fingerprint density at radius 2 is 1.64 bits per heavy atom. The topological polar surface area (TPSA) is 73.9 Å². The number of amides is 2. The van der Waals surface area contributed by atoms with Crippen LogP contribution in [-0.4, -0.2) is 69.2 Å². The Balaban J connectivity index is 1.22. The monoisotopic (exact) mass is 532 g/mol. The second kappa shape index (κ2) is 13.9. The fourth-order valence-corrected chi connectivity index (χ4v) is 6.25. The van der Waals surface area contributed by atoms with E-state index < -0.39 is 0 Å². The van der Waals surface area contributed by atoms with Crippen molar-refractivity contribution >= 4 is 23.2 Å². The first-order chi connectivity index (χ1) is 19.2. The molecule has 2 heterocycles. The molecule has 0 aromatic heterocycles. The predicted molar refractivity (Wildman–Crippen MR) is 156 cm³/mol. The lowest BCUT2D eigenvalue weighted by Gasteiger charge is -2.35. The van der Waals surface area contributed by atoms with E-state index in [1.54, 1.807) is 0 Å². The number of anilines is 2. The van der Waals surface area contributed by atoms with Crippen molar-refractivity contribution in [2.45, 2.75) is 51.4 Å². The van der Waals surface area contributed by atoms with Crippen molar-refractivity contribution in [1.82, 2.24) is 10.2 Å². The molecule has 2 aliphatic heterocycles. The maximum atomic E-state index is 13.5. The quantitative estimate of drug-likeness (QED) is 0.433. The number of ether oxygens (including phenoxy) is 1. The van der Waals surface area contributed by atoms with Gasteiger partial charge in [-0.15, -0.1) is 0 Å². The van der Waals surface area contributed by atoms with Crippen LogP contribution in [0.4, 0.5) is 11.4 Å². The molecule has 39 heavy (non-hydrogen) atoms. The number of carbonyl (C=O) groups is 2. The van der Waals surface area contributed by atoms with Crippen LogP contribution in [-0.2, 0) is 16.0 Å². The summed E-state index contributed by atoms with van der Waals surface area (Å²) in [6, 6.07) is 16.6. The normalized spacial score (nSPS) is 19.2. The highest BCUT2D eigenvalue weighted by molar-refractivity contribution is 6.02. The van der Waals surface area contributed by atoms with Gasteiger partial charge < -0.3 is 20.3 Å². The van der Waals surface area contributed by atoms with Gasteiger partial charge in [0.2, 0.25) is 5.91 Å². The summed E-state index contributed by atoms with van der Waals surface area (Å²) in [5.41, 5.74) is 3.74. The summed E-state index contributed by atoms with van der Waals surface area (Å²) in [5, 5.41) is 6.26. The minimum absolute atomic E-state index is 0.0599. The molecule has 2 saturated heterocycles. The summed E-state index contributed by atoms with van der Waals surface area (Å²) in [4.78, 5) is 31.0. The second-order valence-corrected chi connectivity index (χ2v) is 11.4. The molecule has 210 valence electrons. The van der Waals surface area contributed by atoms with E-state index in [4.69, 9.17) is 4.74 Å². The lowest BCUT2D eigenvalue weighted by Crippen LogP contribution is -2.38. The molecule has 2 N–H and O–H groups in total. The van der Waals surface area contributed by atoms with Gasteiger partial charge in [-0.25, -0.2) is 0 Å². The Kier molecular flexibility index (Phi) is 9.89. The van der Waals surface area contributed by atoms with E-state index in [0.717, 1.165) is 103 Å². The van der Waals surface area contributed by atoms with E-state index in [9.17, 15) is 9.59 Å². The number of piperidine rings is 1. The van der Waals surface area contributed by atoms with Gasteiger partial charge in [0.05, 0.1) is 18.8 Å². The van der Waals surface area contributed by atoms with Crippen molar-refractivity contribution in [2.24, 2.45) is 11.8 Å². The molecule has 7 heteroatoms. The van der Waals surface area contributed by atoms with Gasteiger partial charge in [-0.05, 0) is 74.8 Å². The van der Waals surface area contributed by atoms with Crippen LogP contribution < -0.4 is 15.5 Å². The molecule has 0 atom stereocenters. The van der Waals surface area contributed by atoms with E-state index in [1.807, 2.05) is 18.2 Å². The highest BCUT2D eigenvalue weighted by Crippen LogP contribution is 2.31. The number of hydrogen-bond donors (Lipinski definition) is 2. The molecule has 5 rings (SSSR count). The number of hydrogen-bond acceptors (Lipinski definition) is 5. The van der Waals surface area contributed by atoms with E-state index in [0.29, 0.717) is 23.7 Å². The third-order valence-electron chi connectivity index (χ3n) is 8.60. The first-order valence-corrected chi connectivity index (χ1v) is 15.0. The van der Waals surface area contributed by atoms with Gasteiger partial charge in [-0.2, -0.15) is 0 Å². The number of rotatable bonds is 10. The van der Waals surface area contributed by atoms with Crippen LogP contribution in [0.2, 0.25) is 0 Å². The molecule has 2 aromatic rings. The summed E-state index contributed by atoms with van der Waals surface area (Å²) < 4.78 is 5.43. The Hall–Kier alpha value is -2.90. The highest BCUT2D eigenvalue weighted by atomic mass is 16.5. The molecule has 2 aromatic carbocycles. The maximum Gasteiger partial charge on any atom is 0.253 e. The van der Waals surface area contributed by atoms with Crippen molar-refractivity contribution in [3.63, 3.8) is 0 Å². The molecule has 7 nitrogen and oxygen atoms in total. The lowest BCUT2D eigenvalue weighted by molar-refractivity contribution is -0.119. The van der Waals surface area contributed by atoms with E-state index >= 15 is 0 Å². The lowest BCUT2D eigenvalue weighted by atomic mass is 9.89. The molecule has 0 unspecified atom stereocenters. The van der Waals surface area contributed by atoms with Crippen molar-refractivity contribution in [3.8, 4) is 0 Å². The molecule has 1 aliphatic carbocycles. The number of nitrogens with zero attached hydrogens (tertiary/aromatic N) is 2. The van der Waals surface area contributed by atoms with Crippen LogP contribution in [0.3, 0.4) is 0 Å². The molecule has 0 spiro atoms. The van der Waals surface area contributed by atoms with Gasteiger partial charge in [0.25, 0.3) is 5.91 Å². The van der Waals surface area contributed by atoms with Crippen LogP contribution in [0.5, 0.6) is 0 Å². The summed E-state index contributed by atoms with van der Waals surface area (Å²) in [6.07, 6.45) is 8.38. The molecule has 3 fully saturated rings. The minimum Gasteiger partial charge on any atom is -0.379 e. The zero-order valence-corrected chi connectivity index (χ0v) is 23.2. The summed E-state index contributed by atoms with van der Waals surface area (Å²) >= 11 is 0. The Morgan fingerprint density at radius 1 is 0.897 bits per heavy atom. The second-order valence-electron chi connectivity index (χ2n) is 11.4. The van der Waals surface area contributed by atoms with Crippen LogP contribution >= 0.6 is 0 Å². The number of morpholine rings is 1. The van der Waals surface area contributed by atoms with Crippen molar-refractivity contribution in [2.75, 3.05) is 62.7 Å². The smallest absolute Gasteiger partial charge is 0.253 e. The molecule has 0 bridgehead atoms. The average Bonchev–Trinajstić information content (AvgIpc) is 3.52. The first kappa shape index (κ1) is 27.7. The number of benzene rings is 2. The van der Waals surface area contributed by atoms with Crippen LogP contribution in [0, 0.1) is 11.8 Å². The van der Waals surface area contributed by atoms with Gasteiger partial charge in [-0.1, -0.05) is 43.2 Å². The van der Waals surface area contributed by atoms with Gasteiger partial charge >= 0.3 is 0 Å². The number of nitrogens with one attached hydrogen (secondary N) is 2. The zero-order chi connectivity index (χ0) is 26.9. The highest BCUT2D eigenvalue weighted by Gasteiger charge is 2.26. The Labute approximate surface area is 233 Å². The van der Waals surface area contributed by atoms with Crippen LogP contribution in [0.1, 0.15) is 60.9 Å². The van der Waals surface area contributed by atoms with Gasteiger partial charge in [0.15, 0.2) is 0 Å². The van der Waals surface area contributed by atoms with Crippen molar-refractivity contribution in [3.05, 3.63) is 59.7 Å². The molecular weight excluding hydrogens is 488 g/mol. The van der Waals surface area contributed by atoms with Gasteiger partial charge in [0.1, 0.15) is 0 Å². The van der Waals surface area contributed by atoms with Crippen LogP contribution in [0.25, 0.3) is 0 Å². The van der Waals surface area contributed by atoms with E-state index in [1.165, 1.54) is 5.56 Å². The van der Waals surface area contributed by atoms with Gasteiger partial charge in [0, 0.05) is 50.0 Å². The molecule has 3 aliphatic rings. The summed E-state index contributed by atoms with van der Waals surface area (Å²) in [7, 11) is 0. The fourth-order valence-electron chi connectivity index (χ4n) is 6.25. The van der Waals surface area contributed by atoms with E-state index in [2.05, 4.69) is 50.8 Å². The van der Waals surface area contributed by atoms with Crippen molar-refractivity contribution < 1.29 is 14.3 Å². The van der Waals surface area contributed by atoms with Crippen LogP contribution in [0.15, 0.2) is 48.5 Å². The molecule has 1 saturated carbocycles. The SMILES string of the molecule is O=C(NCCCN1CCOCC1)c1cc(NC(=O)C2CCCC2)ccc1N1CCC(Cc2ccccc2)CC1. The number of carbonyl (C=O) groups excluding carboxylic acids is 2. The zero-order valence-electron chi connectivity index (χ0n) is 23.2. The Bertz CT molecular complexity index is 1070. The predicted octanol–water partition coefficient (Wildman–Crippen LogP) is 4.73. The summed E-state index contributed by atoms with van der Waals surface area (Å²) in [6.45, 7) is 6.96.